The molecule has 1 aromatic carbocycles. The van der Waals surface area contributed by atoms with Gasteiger partial charge in [0.15, 0.2) is 0 Å². The highest BCUT2D eigenvalue weighted by Gasteiger charge is 2.31. The van der Waals surface area contributed by atoms with Gasteiger partial charge < -0.3 is 9.84 Å². The molecule has 24 heavy (non-hydrogen) atoms. The predicted molar refractivity (Wildman–Crippen MR) is 91.2 cm³/mol. The maximum absolute atomic E-state index is 12.4. The second kappa shape index (κ2) is 8.09. The van der Waals surface area contributed by atoms with Crippen LogP contribution in [0.2, 0.25) is 0 Å². The van der Waals surface area contributed by atoms with Crippen LogP contribution >= 0.6 is 0 Å². The Kier molecular flexibility index (Phi) is 6.37. The molecule has 134 valence electrons. The average Bonchev–Trinajstić information content (AvgIpc) is 2.52. The van der Waals surface area contributed by atoms with E-state index in [1.54, 1.807) is 0 Å². The van der Waals surface area contributed by atoms with Gasteiger partial charge in [-0.05, 0) is 49.3 Å². The van der Waals surface area contributed by atoms with Crippen LogP contribution in [-0.4, -0.2) is 39.3 Å². The van der Waals surface area contributed by atoms with Gasteiger partial charge in [-0.2, -0.15) is 0 Å². The van der Waals surface area contributed by atoms with Crippen LogP contribution in [0.1, 0.15) is 29.5 Å². The number of carboxylic acids is 1. The molecule has 0 aromatic heterocycles. The predicted octanol–water partition coefficient (Wildman–Crippen LogP) is 1.85. The minimum atomic E-state index is -3.59. The summed E-state index contributed by atoms with van der Waals surface area (Å²) in [5.74, 6) is -1.87. The fourth-order valence-corrected chi connectivity index (χ4v) is 4.48. The molecule has 1 aliphatic heterocycles. The molecule has 1 saturated heterocycles. The van der Waals surface area contributed by atoms with Gasteiger partial charge in [-0.15, -0.1) is 0 Å². The highest BCUT2D eigenvalue weighted by Crippen LogP contribution is 2.24. The van der Waals surface area contributed by atoms with Crippen LogP contribution in [0.3, 0.4) is 0 Å². The van der Waals surface area contributed by atoms with Crippen molar-refractivity contribution in [3.63, 3.8) is 0 Å². The third-order valence-corrected chi connectivity index (χ3v) is 5.93. The number of carboxylic acid groups (broad SMARTS) is 1. The quantitative estimate of drug-likeness (QED) is 0.779. The Labute approximate surface area is 143 Å². The number of aliphatic carboxylic acids is 1. The normalized spacial score (nSPS) is 17.6. The molecule has 1 aliphatic rings. The second-order valence-electron chi connectivity index (χ2n) is 6.37. The topological polar surface area (TPSA) is 92.7 Å². The molecule has 0 bridgehead atoms. The molecule has 0 radical (unpaired) electrons. The third-order valence-electron chi connectivity index (χ3n) is 4.65. The van der Waals surface area contributed by atoms with Crippen LogP contribution in [0.15, 0.2) is 18.2 Å². The molecule has 2 rings (SSSR count). The van der Waals surface area contributed by atoms with Crippen LogP contribution in [0.4, 0.5) is 0 Å². The Morgan fingerprint density at radius 1 is 1.29 bits per heavy atom. The van der Waals surface area contributed by atoms with E-state index in [0.717, 1.165) is 16.7 Å². The lowest BCUT2D eigenvalue weighted by Crippen LogP contribution is -2.39. The molecular weight excluding hydrogens is 330 g/mol. The number of hydrogen-bond donors (Lipinski definition) is 2. The molecule has 1 fully saturated rings. The van der Waals surface area contributed by atoms with E-state index >= 15 is 0 Å². The van der Waals surface area contributed by atoms with Crippen molar-refractivity contribution >= 4 is 16.0 Å². The number of benzene rings is 1. The number of hydrogen-bond acceptors (Lipinski definition) is 4. The monoisotopic (exact) mass is 355 g/mol. The molecule has 1 unspecified atom stereocenters. The first-order valence-electron chi connectivity index (χ1n) is 8.13. The summed E-state index contributed by atoms with van der Waals surface area (Å²) in [6, 6.07) is 5.64. The maximum Gasteiger partial charge on any atom is 0.308 e. The first-order valence-corrected chi connectivity index (χ1v) is 9.78. The summed E-state index contributed by atoms with van der Waals surface area (Å²) in [6.45, 7) is 4.74. The summed E-state index contributed by atoms with van der Waals surface area (Å²) in [5.41, 5.74) is 2.60. The van der Waals surface area contributed by atoms with Gasteiger partial charge in [-0.3, -0.25) is 4.79 Å². The smallest absolute Gasteiger partial charge is 0.308 e. The molecule has 0 aliphatic carbocycles. The number of aryl methyl sites for hydroxylation is 2. The van der Waals surface area contributed by atoms with Gasteiger partial charge in [0.2, 0.25) is 10.0 Å². The van der Waals surface area contributed by atoms with E-state index in [1.807, 2.05) is 32.0 Å². The summed E-state index contributed by atoms with van der Waals surface area (Å²) >= 11 is 0. The van der Waals surface area contributed by atoms with E-state index in [-0.39, 0.29) is 18.2 Å². The van der Waals surface area contributed by atoms with Crippen molar-refractivity contribution in [2.45, 2.75) is 32.4 Å². The van der Waals surface area contributed by atoms with Crippen molar-refractivity contribution in [3.8, 4) is 0 Å². The molecule has 1 aromatic rings. The molecule has 0 saturated carbocycles. The SMILES string of the molecule is Cc1cccc(C)c1CS(=O)(=O)NCC(C(=O)O)C1CCOCC1. The van der Waals surface area contributed by atoms with E-state index in [2.05, 4.69) is 4.72 Å². The number of nitrogens with one attached hydrogen (secondary N) is 1. The maximum atomic E-state index is 12.4. The Morgan fingerprint density at radius 3 is 2.42 bits per heavy atom. The van der Waals surface area contributed by atoms with Gasteiger partial charge in [-0.1, -0.05) is 18.2 Å². The summed E-state index contributed by atoms with van der Waals surface area (Å²) in [4.78, 5) is 11.5. The van der Waals surface area contributed by atoms with Crippen molar-refractivity contribution in [2.75, 3.05) is 19.8 Å². The molecular formula is C17H25NO5S. The van der Waals surface area contributed by atoms with Gasteiger partial charge in [0.25, 0.3) is 0 Å². The minimum absolute atomic E-state index is 0.0563. The Morgan fingerprint density at radius 2 is 1.88 bits per heavy atom. The van der Waals surface area contributed by atoms with E-state index in [0.29, 0.717) is 26.1 Å². The van der Waals surface area contributed by atoms with Crippen LogP contribution < -0.4 is 4.72 Å². The van der Waals surface area contributed by atoms with Crippen molar-refractivity contribution < 1.29 is 23.1 Å². The van der Waals surface area contributed by atoms with Crippen LogP contribution in [0.25, 0.3) is 0 Å². The zero-order valence-corrected chi connectivity index (χ0v) is 14.9. The van der Waals surface area contributed by atoms with Crippen molar-refractivity contribution in [1.29, 1.82) is 0 Å². The zero-order chi connectivity index (χ0) is 17.7. The summed E-state index contributed by atoms with van der Waals surface area (Å²) in [7, 11) is -3.59. The number of ether oxygens (including phenoxy) is 1. The van der Waals surface area contributed by atoms with E-state index in [9.17, 15) is 18.3 Å². The lowest BCUT2D eigenvalue weighted by Gasteiger charge is -2.27. The summed E-state index contributed by atoms with van der Waals surface area (Å²) in [5, 5.41) is 9.42. The Hall–Kier alpha value is -1.44. The minimum Gasteiger partial charge on any atom is -0.481 e. The molecule has 1 atom stereocenters. The number of carbonyl (C=O) groups is 1. The van der Waals surface area contributed by atoms with Crippen LogP contribution in [-0.2, 0) is 25.3 Å². The fraction of sp³-hybridized carbons (Fsp3) is 0.588. The molecule has 2 N–H and O–H groups in total. The van der Waals surface area contributed by atoms with Gasteiger partial charge in [0.05, 0.1) is 11.7 Å². The Bertz CT molecular complexity index is 660. The van der Waals surface area contributed by atoms with E-state index in [1.165, 1.54) is 0 Å². The fourth-order valence-electron chi connectivity index (χ4n) is 3.11. The average molecular weight is 355 g/mol. The summed E-state index contributed by atoms with van der Waals surface area (Å²) in [6.07, 6.45) is 1.30. The number of rotatable bonds is 7. The van der Waals surface area contributed by atoms with E-state index in [4.69, 9.17) is 4.74 Å². The standard InChI is InChI=1S/C17H25NO5S/c1-12-4-3-5-13(2)16(12)11-24(21,22)18-10-15(17(19)20)14-6-8-23-9-7-14/h3-5,14-15,18H,6-11H2,1-2H3,(H,19,20). The van der Waals surface area contributed by atoms with Gasteiger partial charge in [-0.25, -0.2) is 13.1 Å². The third kappa shape index (κ3) is 5.03. The second-order valence-corrected chi connectivity index (χ2v) is 8.18. The van der Waals surface area contributed by atoms with Gasteiger partial charge in [0, 0.05) is 19.8 Å². The highest BCUT2D eigenvalue weighted by molar-refractivity contribution is 7.88. The molecule has 7 heteroatoms. The van der Waals surface area contributed by atoms with Crippen molar-refractivity contribution in [3.05, 3.63) is 34.9 Å². The molecule has 6 nitrogen and oxygen atoms in total. The van der Waals surface area contributed by atoms with Crippen LogP contribution in [0.5, 0.6) is 0 Å². The lowest BCUT2D eigenvalue weighted by molar-refractivity contribution is -0.144. The van der Waals surface area contributed by atoms with E-state index < -0.39 is 21.9 Å². The van der Waals surface area contributed by atoms with Gasteiger partial charge >= 0.3 is 5.97 Å². The van der Waals surface area contributed by atoms with Crippen LogP contribution in [0, 0.1) is 25.7 Å². The molecule has 0 amide bonds. The van der Waals surface area contributed by atoms with Crippen molar-refractivity contribution in [1.82, 2.24) is 4.72 Å². The highest BCUT2D eigenvalue weighted by atomic mass is 32.2. The first-order chi connectivity index (χ1) is 11.3. The Balaban J connectivity index is 2.03. The molecule has 1 heterocycles. The van der Waals surface area contributed by atoms with Gasteiger partial charge in [0.1, 0.15) is 0 Å². The zero-order valence-electron chi connectivity index (χ0n) is 14.1. The van der Waals surface area contributed by atoms with Crippen molar-refractivity contribution in [2.24, 2.45) is 11.8 Å². The largest absolute Gasteiger partial charge is 0.481 e. The lowest BCUT2D eigenvalue weighted by atomic mass is 9.86. The molecule has 0 spiro atoms. The first kappa shape index (κ1) is 18.9. The summed E-state index contributed by atoms with van der Waals surface area (Å²) < 4.78 is 32.5. The number of sulfonamides is 1.